The predicted octanol–water partition coefficient (Wildman–Crippen LogP) is 3.57. The maximum Gasteiger partial charge on any atom is 0.215 e. The van der Waals surface area contributed by atoms with E-state index >= 15 is 0 Å². The molecule has 0 atom stereocenters. The van der Waals surface area contributed by atoms with Crippen LogP contribution in [0.3, 0.4) is 0 Å². The van der Waals surface area contributed by atoms with Crippen LogP contribution >= 0.6 is 23.5 Å². The second kappa shape index (κ2) is 5.94. The summed E-state index contributed by atoms with van der Waals surface area (Å²) in [7, 11) is 0. The Bertz CT molecular complexity index is 319. The fourth-order valence-corrected chi connectivity index (χ4v) is 2.60. The summed E-state index contributed by atoms with van der Waals surface area (Å²) in [5, 5.41) is 0.823. The van der Waals surface area contributed by atoms with Crippen molar-refractivity contribution in [2.24, 2.45) is 0 Å². The minimum atomic E-state index is 0.0773. The zero-order chi connectivity index (χ0) is 10.4. The van der Waals surface area contributed by atoms with E-state index in [-0.39, 0.29) is 5.12 Å². The summed E-state index contributed by atoms with van der Waals surface area (Å²) in [6.07, 6.45) is 0. The Morgan fingerprint density at radius 1 is 1.36 bits per heavy atom. The molecule has 1 aromatic rings. The number of carbonyl (C=O) groups is 1. The fourth-order valence-electron chi connectivity index (χ4n) is 0.791. The Kier molecular flexibility index (Phi) is 4.84. The lowest BCUT2D eigenvalue weighted by Crippen LogP contribution is -1.91. The molecule has 0 fully saturated rings. The Balaban J connectivity index is 2.29. The third-order valence-corrected chi connectivity index (χ3v) is 3.67. The smallest absolute Gasteiger partial charge is 0.215 e. The third-order valence-electron chi connectivity index (χ3n) is 1.51. The van der Waals surface area contributed by atoms with Crippen LogP contribution < -0.4 is 0 Å². The van der Waals surface area contributed by atoms with Crippen LogP contribution in [0, 0.1) is 0 Å². The van der Waals surface area contributed by atoms with Gasteiger partial charge in [-0.25, -0.2) is 0 Å². The first-order valence-corrected chi connectivity index (χ1v) is 6.18. The van der Waals surface area contributed by atoms with Gasteiger partial charge in [-0.3, -0.25) is 4.79 Å². The molecule has 3 heteroatoms. The van der Waals surface area contributed by atoms with Gasteiger partial charge in [0, 0.05) is 4.90 Å². The van der Waals surface area contributed by atoms with Gasteiger partial charge in [-0.05, 0) is 24.6 Å². The summed E-state index contributed by atoms with van der Waals surface area (Å²) in [6.45, 7) is 5.34. The predicted molar refractivity (Wildman–Crippen MR) is 64.6 cm³/mol. The van der Waals surface area contributed by atoms with Crippen molar-refractivity contribution in [1.29, 1.82) is 0 Å². The highest BCUT2D eigenvalue weighted by molar-refractivity contribution is 8.24. The van der Waals surface area contributed by atoms with Crippen LogP contribution in [0.4, 0.5) is 0 Å². The van der Waals surface area contributed by atoms with Crippen LogP contribution in [-0.2, 0) is 4.79 Å². The van der Waals surface area contributed by atoms with Crippen LogP contribution in [0.2, 0.25) is 0 Å². The van der Waals surface area contributed by atoms with E-state index in [1.165, 1.54) is 16.7 Å². The molecule has 0 aliphatic rings. The van der Waals surface area contributed by atoms with Crippen LogP contribution in [0.1, 0.15) is 6.92 Å². The molecule has 14 heavy (non-hydrogen) atoms. The van der Waals surface area contributed by atoms with Crippen molar-refractivity contribution < 1.29 is 4.79 Å². The third kappa shape index (κ3) is 4.03. The molecule has 0 saturated heterocycles. The summed E-state index contributed by atoms with van der Waals surface area (Å²) in [6, 6.07) is 10.0. The lowest BCUT2D eigenvalue weighted by atomic mass is 10.4. The molecule has 0 radical (unpaired) electrons. The van der Waals surface area contributed by atoms with Crippen molar-refractivity contribution >= 4 is 28.6 Å². The van der Waals surface area contributed by atoms with Gasteiger partial charge in [0.2, 0.25) is 5.12 Å². The van der Waals surface area contributed by atoms with Crippen LogP contribution in [0.5, 0.6) is 0 Å². The summed E-state index contributed by atoms with van der Waals surface area (Å²) >= 11 is 2.97. The van der Waals surface area contributed by atoms with Gasteiger partial charge in [0.05, 0.1) is 5.08 Å². The minimum absolute atomic E-state index is 0.0773. The second-order valence-electron chi connectivity index (χ2n) is 2.79. The molecule has 0 spiro atoms. The number of hydrogen-bond acceptors (Lipinski definition) is 3. The summed E-state index contributed by atoms with van der Waals surface area (Å²) < 4.78 is 0. The van der Waals surface area contributed by atoms with Crippen molar-refractivity contribution in [3.63, 3.8) is 0 Å². The van der Waals surface area contributed by atoms with Gasteiger partial charge in [-0.1, -0.05) is 36.5 Å². The number of hydrogen-bond donors (Lipinski definition) is 0. The normalized spacial score (nSPS) is 9.79. The molecule has 0 aliphatic carbocycles. The SMILES string of the molecule is C=C(C)C(=O)SCSc1ccccc1. The van der Waals surface area contributed by atoms with Crippen LogP contribution in [-0.4, -0.2) is 10.2 Å². The highest BCUT2D eigenvalue weighted by Gasteiger charge is 2.02. The van der Waals surface area contributed by atoms with Crippen molar-refractivity contribution in [2.75, 3.05) is 5.08 Å². The molecule has 0 heterocycles. The Morgan fingerprint density at radius 3 is 2.57 bits per heavy atom. The molecular formula is C11H12OS2. The average Bonchev–Trinajstić information content (AvgIpc) is 2.19. The van der Waals surface area contributed by atoms with Gasteiger partial charge in [-0.2, -0.15) is 0 Å². The first-order valence-electron chi connectivity index (χ1n) is 4.20. The lowest BCUT2D eigenvalue weighted by molar-refractivity contribution is -0.107. The molecule has 1 nitrogen and oxygen atoms in total. The zero-order valence-electron chi connectivity index (χ0n) is 8.03. The van der Waals surface area contributed by atoms with E-state index < -0.39 is 0 Å². The monoisotopic (exact) mass is 224 g/mol. The fraction of sp³-hybridized carbons (Fsp3) is 0.182. The average molecular weight is 224 g/mol. The van der Waals surface area contributed by atoms with Crippen LogP contribution in [0.15, 0.2) is 47.4 Å². The molecule has 0 aliphatic heterocycles. The van der Waals surface area contributed by atoms with Crippen molar-refractivity contribution in [3.8, 4) is 0 Å². The first kappa shape index (κ1) is 11.4. The van der Waals surface area contributed by atoms with Gasteiger partial charge in [0.25, 0.3) is 0 Å². The molecule has 0 bridgehead atoms. The Morgan fingerprint density at radius 2 is 2.00 bits per heavy atom. The molecule has 0 amide bonds. The number of benzene rings is 1. The number of rotatable bonds is 4. The number of carbonyl (C=O) groups excluding carboxylic acids is 1. The second-order valence-corrected chi connectivity index (χ2v) is 5.15. The summed E-state index contributed by atoms with van der Waals surface area (Å²) in [5.74, 6) is 0. The van der Waals surface area contributed by atoms with Gasteiger partial charge in [0.15, 0.2) is 0 Å². The standard InChI is InChI=1S/C11H12OS2/c1-9(2)11(12)14-8-13-10-6-4-3-5-7-10/h3-7H,1,8H2,2H3. The highest BCUT2D eigenvalue weighted by atomic mass is 32.2. The van der Waals surface area contributed by atoms with Gasteiger partial charge < -0.3 is 0 Å². The van der Waals surface area contributed by atoms with E-state index in [2.05, 4.69) is 6.58 Å². The molecule has 0 aromatic heterocycles. The van der Waals surface area contributed by atoms with E-state index in [4.69, 9.17) is 0 Å². The summed E-state index contributed by atoms with van der Waals surface area (Å²) in [4.78, 5) is 12.4. The zero-order valence-corrected chi connectivity index (χ0v) is 9.66. The molecular weight excluding hydrogens is 212 g/mol. The van der Waals surface area contributed by atoms with Crippen molar-refractivity contribution in [1.82, 2.24) is 0 Å². The molecule has 0 saturated carbocycles. The van der Waals surface area contributed by atoms with Crippen molar-refractivity contribution in [3.05, 3.63) is 42.5 Å². The Hall–Kier alpha value is -0.670. The quantitative estimate of drug-likeness (QED) is 0.442. The van der Waals surface area contributed by atoms with E-state index in [1.807, 2.05) is 30.3 Å². The molecule has 1 aromatic carbocycles. The Labute approximate surface area is 93.0 Å². The molecule has 74 valence electrons. The van der Waals surface area contributed by atoms with Crippen molar-refractivity contribution in [2.45, 2.75) is 11.8 Å². The molecule has 0 N–H and O–H groups in total. The highest BCUT2D eigenvalue weighted by Crippen LogP contribution is 2.23. The largest absolute Gasteiger partial charge is 0.282 e. The van der Waals surface area contributed by atoms with E-state index in [9.17, 15) is 4.79 Å². The topological polar surface area (TPSA) is 17.1 Å². The van der Waals surface area contributed by atoms with E-state index in [1.54, 1.807) is 18.7 Å². The number of thioether (sulfide) groups is 2. The minimum Gasteiger partial charge on any atom is -0.282 e. The molecule has 0 unspecified atom stereocenters. The van der Waals surface area contributed by atoms with Gasteiger partial charge in [0.1, 0.15) is 0 Å². The maximum atomic E-state index is 11.2. The maximum absolute atomic E-state index is 11.2. The first-order chi connectivity index (χ1) is 6.70. The van der Waals surface area contributed by atoms with E-state index in [0.717, 1.165) is 5.08 Å². The molecule has 1 rings (SSSR count). The summed E-state index contributed by atoms with van der Waals surface area (Å²) in [5.41, 5.74) is 0.615. The van der Waals surface area contributed by atoms with E-state index in [0.29, 0.717) is 5.57 Å². The van der Waals surface area contributed by atoms with Gasteiger partial charge in [-0.15, -0.1) is 11.8 Å². The van der Waals surface area contributed by atoms with Gasteiger partial charge >= 0.3 is 0 Å². The van der Waals surface area contributed by atoms with Crippen LogP contribution in [0.25, 0.3) is 0 Å². The lowest BCUT2D eigenvalue weighted by Gasteiger charge is -2.00.